The van der Waals surface area contributed by atoms with Crippen molar-refractivity contribution < 1.29 is 71.0 Å². The molecule has 1 heterocycles. The lowest BCUT2D eigenvalue weighted by Gasteiger charge is -2.19. The van der Waals surface area contributed by atoms with Crippen molar-refractivity contribution in [1.29, 1.82) is 0 Å². The van der Waals surface area contributed by atoms with Crippen LogP contribution < -0.4 is 26.0 Å². The number of nitrogens with one attached hydrogen (secondary N) is 1. The Morgan fingerprint density at radius 3 is 1.41 bits per heavy atom. The highest BCUT2D eigenvalue weighted by atomic mass is 35.6. The maximum Gasteiger partial charge on any atom is 0.511 e. The highest BCUT2D eigenvalue weighted by molar-refractivity contribution is 7.85. The van der Waals surface area contributed by atoms with E-state index in [1.54, 1.807) is 6.92 Å². The number of amides is 1. The maximum atomic E-state index is 13.8. The minimum Gasteiger partial charge on any atom is -0.467 e. The molecule has 1 atom stereocenters. The van der Waals surface area contributed by atoms with Crippen LogP contribution >= 0.6 is 41.9 Å². The number of aromatic nitrogens is 1. The van der Waals surface area contributed by atoms with E-state index in [0.717, 1.165) is 30.1 Å². The topological polar surface area (TPSA) is 230 Å². The number of ether oxygens (including phenoxy) is 6. The zero-order chi connectivity index (χ0) is 43.6. The molecule has 0 saturated heterocycles. The van der Waals surface area contributed by atoms with Crippen molar-refractivity contribution in [2.45, 2.75) is 38.7 Å². The molecule has 21 heteroatoms. The predicted molar refractivity (Wildman–Crippen MR) is 219 cm³/mol. The lowest BCUT2D eigenvalue weighted by atomic mass is 10.3. The third-order valence-electron chi connectivity index (χ3n) is 6.30. The highest BCUT2D eigenvalue weighted by Crippen LogP contribution is 2.41. The van der Waals surface area contributed by atoms with Crippen molar-refractivity contribution in [3.05, 3.63) is 103 Å². The largest absolute Gasteiger partial charge is 0.511 e. The van der Waals surface area contributed by atoms with Gasteiger partial charge in [0, 0.05) is 15.9 Å². The number of hydrogen-bond donors (Lipinski definition) is 1. The standard InChI is InChI=1S/C18H15OP.C7H11NO5.C7H9NO4.C3H3Cl3O3.CO2.2CH4/c19-20(16-10-4-1-5-11-16,17-12-6-2-7-13-17)18-14-8-3-9-15-18;1-4(6(10)12-2)8-5(9)7(11)13-3;1-4-7(11-3)12-5(8-4)6(9)10-2;1-8-2(7)9-3(4,5)6;2-1-3;;/h1-15H;4H,1-3H3,(H,8,9);1-3H3;1H3;;2*1H4. The van der Waals surface area contributed by atoms with Crippen LogP contribution in [0.15, 0.2) is 95.4 Å². The van der Waals surface area contributed by atoms with Crippen LogP contribution in [0, 0.1) is 6.92 Å². The first-order valence-electron chi connectivity index (χ1n) is 15.6. The van der Waals surface area contributed by atoms with Crippen LogP contribution in [0.25, 0.3) is 0 Å². The predicted octanol–water partition coefficient (Wildman–Crippen LogP) is 5.73. The molecule has 0 spiro atoms. The van der Waals surface area contributed by atoms with Gasteiger partial charge in [0.25, 0.3) is 0 Å². The van der Waals surface area contributed by atoms with E-state index in [1.165, 1.54) is 28.3 Å². The fourth-order valence-corrected chi connectivity index (χ4v) is 6.69. The second-order valence-corrected chi connectivity index (χ2v) is 14.9. The molecule has 324 valence electrons. The minimum atomic E-state index is -2.78. The Balaban J connectivity index is -0.000000715. The summed E-state index contributed by atoms with van der Waals surface area (Å²) in [6.45, 7) is 3.07. The van der Waals surface area contributed by atoms with Crippen LogP contribution in [0.2, 0.25) is 0 Å². The van der Waals surface area contributed by atoms with Gasteiger partial charge in [-0.1, -0.05) is 106 Å². The molecule has 1 N–H and O–H groups in total. The average Bonchev–Trinajstić information content (AvgIpc) is 3.61. The van der Waals surface area contributed by atoms with Crippen molar-refractivity contribution in [3.63, 3.8) is 0 Å². The quantitative estimate of drug-likeness (QED) is 0.0768. The van der Waals surface area contributed by atoms with E-state index in [0.29, 0.717) is 5.69 Å². The number of aryl methyl sites for hydroxylation is 1. The molecule has 0 aliphatic carbocycles. The van der Waals surface area contributed by atoms with E-state index in [-0.39, 0.29) is 32.8 Å². The van der Waals surface area contributed by atoms with E-state index in [4.69, 9.17) is 53.5 Å². The summed E-state index contributed by atoms with van der Waals surface area (Å²) in [5.41, 5.74) is 0.526. The molecule has 0 bridgehead atoms. The van der Waals surface area contributed by atoms with E-state index in [2.05, 4.69) is 34.0 Å². The Hall–Kier alpha value is -5.70. The Kier molecular flexibility index (Phi) is 29.7. The third kappa shape index (κ3) is 21.0. The summed E-state index contributed by atoms with van der Waals surface area (Å²) in [7, 11) is 3.29. The smallest absolute Gasteiger partial charge is 0.467 e. The maximum absolute atomic E-state index is 13.8. The lowest BCUT2D eigenvalue weighted by molar-refractivity contribution is -0.191. The zero-order valence-electron chi connectivity index (χ0n) is 31.4. The molecule has 1 unspecified atom stereocenters. The Morgan fingerprint density at radius 1 is 0.729 bits per heavy atom. The average molecular weight is 908 g/mol. The Morgan fingerprint density at radius 2 is 1.14 bits per heavy atom. The zero-order valence-corrected chi connectivity index (χ0v) is 34.6. The van der Waals surface area contributed by atoms with E-state index < -0.39 is 47.1 Å². The summed E-state index contributed by atoms with van der Waals surface area (Å²) in [6, 6.07) is 28.3. The highest BCUT2D eigenvalue weighted by Gasteiger charge is 2.29. The summed E-state index contributed by atoms with van der Waals surface area (Å²) < 4.78 is 42.4. The molecule has 0 saturated carbocycles. The number of hydrogen-bond acceptors (Lipinski definition) is 16. The van der Waals surface area contributed by atoms with Crippen LogP contribution in [0.4, 0.5) is 4.79 Å². The van der Waals surface area contributed by atoms with Crippen LogP contribution in [0.3, 0.4) is 0 Å². The molecule has 0 fully saturated rings. The van der Waals surface area contributed by atoms with Gasteiger partial charge in [0.1, 0.15) is 11.7 Å². The molecule has 4 rings (SSSR count). The van der Waals surface area contributed by atoms with Gasteiger partial charge >= 0.3 is 51.9 Å². The van der Waals surface area contributed by atoms with Gasteiger partial charge in [0.15, 0.2) is 7.14 Å². The number of alkyl halides is 3. The molecule has 59 heavy (non-hydrogen) atoms. The van der Waals surface area contributed by atoms with E-state index in [1.807, 2.05) is 91.0 Å². The van der Waals surface area contributed by atoms with Gasteiger partial charge in [0.2, 0.25) is 0 Å². The van der Waals surface area contributed by atoms with Crippen molar-refractivity contribution >= 4 is 94.0 Å². The third-order valence-corrected chi connectivity index (χ3v) is 9.61. The lowest BCUT2D eigenvalue weighted by Crippen LogP contribution is -2.42. The molecule has 3 aromatic carbocycles. The normalized spacial score (nSPS) is 10.0. The molecular formula is C38H46Cl3N2O15P. The molecule has 0 aliphatic rings. The van der Waals surface area contributed by atoms with Crippen molar-refractivity contribution in [2.24, 2.45) is 0 Å². The number of carbonyl (C=O) groups excluding carboxylic acids is 7. The van der Waals surface area contributed by atoms with Crippen molar-refractivity contribution in [3.8, 4) is 5.95 Å². The van der Waals surface area contributed by atoms with Gasteiger partial charge < -0.3 is 42.7 Å². The summed E-state index contributed by atoms with van der Waals surface area (Å²) in [5, 5.41) is 4.71. The second kappa shape index (κ2) is 30.4. The fourth-order valence-electron chi connectivity index (χ4n) is 3.83. The second-order valence-electron chi connectivity index (χ2n) is 10.00. The van der Waals surface area contributed by atoms with Gasteiger partial charge in [0.05, 0.1) is 35.5 Å². The Labute approximate surface area is 356 Å². The fraction of sp³-hybridized carbons (Fsp3) is 0.289. The monoisotopic (exact) mass is 906 g/mol. The van der Waals surface area contributed by atoms with E-state index in [9.17, 15) is 28.5 Å². The van der Waals surface area contributed by atoms with Crippen LogP contribution in [0.5, 0.6) is 5.95 Å². The summed E-state index contributed by atoms with van der Waals surface area (Å²) in [6.07, 6.45) is -0.782. The summed E-state index contributed by atoms with van der Waals surface area (Å²) in [5.74, 6) is -3.11. The molecule has 4 aromatic rings. The van der Waals surface area contributed by atoms with Gasteiger partial charge in [-0.15, -0.1) is 0 Å². The summed E-state index contributed by atoms with van der Waals surface area (Å²) >= 11 is 15.0. The van der Waals surface area contributed by atoms with Crippen molar-refractivity contribution in [2.75, 3.05) is 35.5 Å². The number of rotatable bonds is 7. The molecule has 1 aromatic heterocycles. The van der Waals surface area contributed by atoms with Crippen molar-refractivity contribution in [1.82, 2.24) is 10.3 Å². The number of methoxy groups -OCH3 is 5. The number of halogens is 3. The SMILES string of the molecule is C.C.COC(=O)C(=O)NC(C)C(=O)OC.COC(=O)OC(Cl)(Cl)Cl.COC(=O)c1nc(C)c(OC)o1.O=C=O.O=P(c1ccccc1)(c1ccccc1)c1ccccc1. The number of benzene rings is 3. The van der Waals surface area contributed by atoms with Gasteiger partial charge in [-0.25, -0.2) is 24.2 Å². The molecule has 17 nitrogen and oxygen atoms in total. The van der Waals surface area contributed by atoms with Gasteiger partial charge in [-0.3, -0.25) is 4.79 Å². The number of esters is 3. The van der Waals surface area contributed by atoms with Crippen LogP contribution in [-0.2, 0) is 52.2 Å². The summed E-state index contributed by atoms with van der Waals surface area (Å²) in [4.78, 5) is 73.2. The first-order chi connectivity index (χ1) is 26.9. The minimum absolute atomic E-state index is 0. The molecule has 0 radical (unpaired) electrons. The first kappa shape index (κ1) is 57.6. The van der Waals surface area contributed by atoms with Crippen LogP contribution in [-0.4, -0.2) is 86.7 Å². The Bertz CT molecular complexity index is 1830. The van der Waals surface area contributed by atoms with Gasteiger partial charge in [-0.2, -0.15) is 9.59 Å². The number of oxazole rings is 1. The van der Waals surface area contributed by atoms with Crippen LogP contribution in [0.1, 0.15) is 38.2 Å². The molecule has 0 aliphatic heterocycles. The van der Waals surface area contributed by atoms with E-state index >= 15 is 0 Å². The number of nitrogens with zero attached hydrogens (tertiary/aromatic N) is 1. The number of carbonyl (C=O) groups is 5. The molecular weight excluding hydrogens is 862 g/mol. The first-order valence-corrected chi connectivity index (χ1v) is 18.4. The van der Waals surface area contributed by atoms with Gasteiger partial charge in [-0.05, 0) is 48.7 Å². The molecule has 1 amide bonds.